The van der Waals surface area contributed by atoms with Crippen molar-refractivity contribution in [2.24, 2.45) is 11.1 Å². The van der Waals surface area contributed by atoms with Crippen molar-refractivity contribution in [1.82, 2.24) is 0 Å². The number of nitrogens with two attached hydrogens (primary N) is 1. The van der Waals surface area contributed by atoms with Crippen molar-refractivity contribution in [2.75, 3.05) is 6.54 Å². The van der Waals surface area contributed by atoms with E-state index in [9.17, 15) is 0 Å². The molecule has 0 saturated heterocycles. The predicted octanol–water partition coefficient (Wildman–Crippen LogP) is 4.53. The zero-order valence-electron chi connectivity index (χ0n) is 15.5. The van der Waals surface area contributed by atoms with Gasteiger partial charge in [-0.2, -0.15) is 0 Å². The lowest BCUT2D eigenvalue weighted by Crippen LogP contribution is -2.41. The molecule has 0 aromatic heterocycles. The quantitative estimate of drug-likeness (QED) is 0.792. The maximum Gasteiger partial charge on any atom is 0.251 e. The van der Waals surface area contributed by atoms with E-state index in [1.807, 2.05) is 6.07 Å². The predicted molar refractivity (Wildman–Crippen MR) is 101 cm³/mol. The van der Waals surface area contributed by atoms with Gasteiger partial charge in [0, 0.05) is 31.4 Å². The van der Waals surface area contributed by atoms with Crippen molar-refractivity contribution in [2.45, 2.75) is 77.3 Å². The summed E-state index contributed by atoms with van der Waals surface area (Å²) in [6, 6.07) is 4.16. The molecule has 0 bridgehead atoms. The maximum absolute atomic E-state index is 6.47. The Balaban J connectivity index is 0.00000182. The fraction of sp³-hybridized carbons (Fsp3) is 0.700. The minimum absolute atomic E-state index is 0. The van der Waals surface area contributed by atoms with Crippen LogP contribution in [0.4, 0.5) is 0 Å². The first-order valence-corrected chi connectivity index (χ1v) is 9.31. The van der Waals surface area contributed by atoms with Crippen LogP contribution >= 0.6 is 12.4 Å². The van der Waals surface area contributed by atoms with Gasteiger partial charge in [0.1, 0.15) is 0 Å². The minimum Gasteiger partial charge on any atom is -0.448 e. The zero-order valence-corrected chi connectivity index (χ0v) is 16.3. The standard InChI is InChI=1S/C20H29NO3.ClH/c1-19(2,3)17-11-14-13(16(12-21)22-17)7-8-15-18(14)24-20(23-15)9-5-4-6-10-20;/h7-8,16-17H,4-6,9-12,21H2,1-3H3;1H. The molecule has 2 aliphatic heterocycles. The van der Waals surface area contributed by atoms with Crippen LogP contribution in [-0.4, -0.2) is 18.4 Å². The van der Waals surface area contributed by atoms with Crippen molar-refractivity contribution < 1.29 is 14.2 Å². The summed E-state index contributed by atoms with van der Waals surface area (Å²) in [4.78, 5) is 0. The Labute approximate surface area is 156 Å². The number of benzene rings is 1. The number of hydrogen-bond acceptors (Lipinski definition) is 4. The van der Waals surface area contributed by atoms with E-state index in [2.05, 4.69) is 26.8 Å². The Bertz CT molecular complexity index is 635. The normalized spacial score (nSPS) is 26.9. The second-order valence-electron chi connectivity index (χ2n) is 8.56. The molecule has 2 N–H and O–H groups in total. The van der Waals surface area contributed by atoms with E-state index in [0.717, 1.165) is 30.8 Å². The molecule has 1 saturated carbocycles. The van der Waals surface area contributed by atoms with E-state index in [-0.39, 0.29) is 30.0 Å². The van der Waals surface area contributed by atoms with Crippen LogP contribution in [0.2, 0.25) is 0 Å². The summed E-state index contributed by atoms with van der Waals surface area (Å²) in [5.41, 5.74) is 8.49. The summed E-state index contributed by atoms with van der Waals surface area (Å²) in [6.45, 7) is 7.16. The highest BCUT2D eigenvalue weighted by atomic mass is 35.5. The van der Waals surface area contributed by atoms with Gasteiger partial charge >= 0.3 is 0 Å². The summed E-state index contributed by atoms with van der Waals surface area (Å²) in [7, 11) is 0. The van der Waals surface area contributed by atoms with E-state index in [1.165, 1.54) is 30.4 Å². The van der Waals surface area contributed by atoms with Crippen LogP contribution in [0.1, 0.15) is 70.1 Å². The van der Waals surface area contributed by atoms with Crippen LogP contribution < -0.4 is 15.2 Å². The average molecular weight is 368 g/mol. The minimum atomic E-state index is -0.427. The average Bonchev–Trinajstić information content (AvgIpc) is 2.91. The van der Waals surface area contributed by atoms with Gasteiger partial charge < -0.3 is 19.9 Å². The van der Waals surface area contributed by atoms with Crippen molar-refractivity contribution in [3.63, 3.8) is 0 Å². The molecular formula is C20H30ClNO3. The van der Waals surface area contributed by atoms with Crippen LogP contribution in [0.5, 0.6) is 11.5 Å². The van der Waals surface area contributed by atoms with Gasteiger partial charge in [-0.1, -0.05) is 33.3 Å². The van der Waals surface area contributed by atoms with Gasteiger partial charge in [0.15, 0.2) is 11.5 Å². The molecule has 1 aromatic rings. The molecule has 0 radical (unpaired) electrons. The highest BCUT2D eigenvalue weighted by molar-refractivity contribution is 5.85. The van der Waals surface area contributed by atoms with Gasteiger partial charge in [-0.25, -0.2) is 0 Å². The number of halogens is 1. The first kappa shape index (κ1) is 18.8. The van der Waals surface area contributed by atoms with Crippen LogP contribution in [-0.2, 0) is 11.2 Å². The van der Waals surface area contributed by atoms with Gasteiger partial charge in [0.25, 0.3) is 5.79 Å². The van der Waals surface area contributed by atoms with Crippen molar-refractivity contribution in [3.05, 3.63) is 23.3 Å². The van der Waals surface area contributed by atoms with E-state index in [0.29, 0.717) is 6.54 Å². The lowest BCUT2D eigenvalue weighted by atomic mass is 9.81. The lowest BCUT2D eigenvalue weighted by Gasteiger charge is -2.39. The lowest BCUT2D eigenvalue weighted by molar-refractivity contribution is -0.107. The molecule has 1 aliphatic carbocycles. The van der Waals surface area contributed by atoms with Gasteiger partial charge in [-0.15, -0.1) is 12.4 Å². The molecule has 1 fully saturated rings. The second kappa shape index (κ2) is 6.64. The highest BCUT2D eigenvalue weighted by Gasteiger charge is 2.45. The topological polar surface area (TPSA) is 53.7 Å². The molecular weight excluding hydrogens is 338 g/mol. The van der Waals surface area contributed by atoms with Gasteiger partial charge in [0.2, 0.25) is 0 Å². The number of fused-ring (bicyclic) bond motifs is 3. The highest BCUT2D eigenvalue weighted by Crippen LogP contribution is 2.51. The van der Waals surface area contributed by atoms with Crippen LogP contribution in [0.25, 0.3) is 0 Å². The molecule has 4 nitrogen and oxygen atoms in total. The third-order valence-corrected chi connectivity index (χ3v) is 5.70. The maximum atomic E-state index is 6.47. The molecule has 0 amide bonds. The Morgan fingerprint density at radius 3 is 2.48 bits per heavy atom. The van der Waals surface area contributed by atoms with E-state index < -0.39 is 5.79 Å². The zero-order chi connectivity index (χ0) is 16.9. The molecule has 5 heteroatoms. The Kier molecular flexibility index (Phi) is 5.00. The smallest absolute Gasteiger partial charge is 0.251 e. The van der Waals surface area contributed by atoms with Gasteiger partial charge in [0.05, 0.1) is 12.2 Å². The van der Waals surface area contributed by atoms with Crippen molar-refractivity contribution in [1.29, 1.82) is 0 Å². The van der Waals surface area contributed by atoms with Crippen LogP contribution in [0.15, 0.2) is 12.1 Å². The Morgan fingerprint density at radius 2 is 1.84 bits per heavy atom. The number of rotatable bonds is 1. The molecule has 3 aliphatic rings. The molecule has 140 valence electrons. The van der Waals surface area contributed by atoms with Gasteiger partial charge in [-0.3, -0.25) is 0 Å². The van der Waals surface area contributed by atoms with Crippen molar-refractivity contribution >= 4 is 12.4 Å². The first-order chi connectivity index (χ1) is 11.4. The fourth-order valence-corrected chi connectivity index (χ4v) is 4.23. The van der Waals surface area contributed by atoms with Crippen LogP contribution in [0.3, 0.4) is 0 Å². The Morgan fingerprint density at radius 1 is 1.12 bits per heavy atom. The summed E-state index contributed by atoms with van der Waals surface area (Å²) < 4.78 is 19.1. The molecule has 2 unspecified atom stereocenters. The molecule has 2 heterocycles. The molecule has 25 heavy (non-hydrogen) atoms. The number of hydrogen-bond donors (Lipinski definition) is 1. The molecule has 1 aromatic carbocycles. The summed E-state index contributed by atoms with van der Waals surface area (Å²) >= 11 is 0. The van der Waals surface area contributed by atoms with Crippen molar-refractivity contribution in [3.8, 4) is 11.5 Å². The Hall–Kier alpha value is -0.970. The third kappa shape index (κ3) is 3.24. The second-order valence-corrected chi connectivity index (χ2v) is 8.56. The summed E-state index contributed by atoms with van der Waals surface area (Å²) in [5.74, 6) is 1.43. The summed E-state index contributed by atoms with van der Waals surface area (Å²) in [6.07, 6.45) is 6.53. The van der Waals surface area contributed by atoms with E-state index in [4.69, 9.17) is 19.9 Å². The number of ether oxygens (including phenoxy) is 3. The molecule has 4 rings (SSSR count). The first-order valence-electron chi connectivity index (χ1n) is 9.31. The monoisotopic (exact) mass is 367 g/mol. The third-order valence-electron chi connectivity index (χ3n) is 5.70. The SMILES string of the molecule is CC(C)(C)C1Cc2c(ccc3c2OC2(CCCCC2)O3)C(CN)O1.Cl. The summed E-state index contributed by atoms with van der Waals surface area (Å²) in [5, 5.41) is 0. The van der Waals surface area contributed by atoms with Crippen LogP contribution in [0, 0.1) is 5.41 Å². The fourth-order valence-electron chi connectivity index (χ4n) is 4.23. The van der Waals surface area contributed by atoms with Gasteiger partial charge in [-0.05, 0) is 29.9 Å². The molecule has 2 atom stereocenters. The van der Waals surface area contributed by atoms with E-state index >= 15 is 0 Å². The van der Waals surface area contributed by atoms with E-state index in [1.54, 1.807) is 0 Å². The largest absolute Gasteiger partial charge is 0.448 e. The molecule has 1 spiro atoms.